The standard InChI is InChI=1S/C20H16N4O2/c1-26-16-5-2-4-15(12-16)18-17-6-3-9-22-19(17)20(25)24(23-18)13-14-7-10-21-11-8-14/h2-12H,13H2,1H3. The second-order valence-corrected chi connectivity index (χ2v) is 5.80. The molecule has 0 atom stereocenters. The van der Waals surface area contributed by atoms with Crippen LogP contribution in [0.1, 0.15) is 5.56 Å². The summed E-state index contributed by atoms with van der Waals surface area (Å²) in [7, 11) is 1.62. The van der Waals surface area contributed by atoms with Gasteiger partial charge in [-0.05, 0) is 42.0 Å². The van der Waals surface area contributed by atoms with Gasteiger partial charge in [0.25, 0.3) is 5.56 Å². The molecule has 0 aliphatic rings. The number of pyridine rings is 2. The largest absolute Gasteiger partial charge is 0.497 e. The second kappa shape index (κ2) is 6.76. The topological polar surface area (TPSA) is 69.9 Å². The lowest BCUT2D eigenvalue weighted by Gasteiger charge is -2.11. The van der Waals surface area contributed by atoms with E-state index in [1.807, 2.05) is 42.5 Å². The van der Waals surface area contributed by atoms with E-state index in [4.69, 9.17) is 4.74 Å². The maximum absolute atomic E-state index is 12.8. The molecule has 0 aliphatic carbocycles. The van der Waals surface area contributed by atoms with E-state index >= 15 is 0 Å². The number of hydrogen-bond acceptors (Lipinski definition) is 5. The first-order valence-corrected chi connectivity index (χ1v) is 8.15. The van der Waals surface area contributed by atoms with Crippen molar-refractivity contribution in [3.63, 3.8) is 0 Å². The number of rotatable bonds is 4. The van der Waals surface area contributed by atoms with Crippen molar-refractivity contribution in [2.45, 2.75) is 6.54 Å². The van der Waals surface area contributed by atoms with Crippen molar-refractivity contribution in [1.82, 2.24) is 19.7 Å². The molecule has 0 fully saturated rings. The predicted octanol–water partition coefficient (Wildman–Crippen LogP) is 2.91. The molecule has 0 aliphatic heterocycles. The summed E-state index contributed by atoms with van der Waals surface area (Å²) in [5, 5.41) is 5.35. The van der Waals surface area contributed by atoms with Gasteiger partial charge in [-0.1, -0.05) is 12.1 Å². The van der Waals surface area contributed by atoms with Gasteiger partial charge in [-0.15, -0.1) is 0 Å². The van der Waals surface area contributed by atoms with Gasteiger partial charge in [-0.2, -0.15) is 5.10 Å². The van der Waals surface area contributed by atoms with Gasteiger partial charge in [-0.25, -0.2) is 4.68 Å². The van der Waals surface area contributed by atoms with Gasteiger partial charge in [0.05, 0.1) is 13.7 Å². The van der Waals surface area contributed by atoms with Crippen LogP contribution in [0, 0.1) is 0 Å². The molecule has 4 aromatic rings. The molecule has 4 rings (SSSR count). The summed E-state index contributed by atoms with van der Waals surface area (Å²) in [5.41, 5.74) is 2.69. The van der Waals surface area contributed by atoms with Crippen molar-refractivity contribution >= 4 is 10.9 Å². The molecule has 0 N–H and O–H groups in total. The maximum Gasteiger partial charge on any atom is 0.293 e. The monoisotopic (exact) mass is 344 g/mol. The van der Waals surface area contributed by atoms with Crippen molar-refractivity contribution in [3.8, 4) is 17.0 Å². The number of methoxy groups -OCH3 is 1. The zero-order valence-corrected chi connectivity index (χ0v) is 14.2. The molecule has 26 heavy (non-hydrogen) atoms. The molecule has 6 heteroatoms. The zero-order chi connectivity index (χ0) is 17.9. The minimum atomic E-state index is -0.218. The van der Waals surface area contributed by atoms with Crippen molar-refractivity contribution in [2.75, 3.05) is 7.11 Å². The highest BCUT2D eigenvalue weighted by Gasteiger charge is 2.14. The molecule has 0 spiro atoms. The molecule has 3 heterocycles. The third-order valence-electron chi connectivity index (χ3n) is 4.15. The second-order valence-electron chi connectivity index (χ2n) is 5.80. The molecule has 3 aromatic heterocycles. The average molecular weight is 344 g/mol. The Morgan fingerprint density at radius 3 is 2.69 bits per heavy atom. The van der Waals surface area contributed by atoms with E-state index < -0.39 is 0 Å². The molecule has 0 bridgehead atoms. The first-order chi connectivity index (χ1) is 12.8. The molecule has 128 valence electrons. The van der Waals surface area contributed by atoms with Gasteiger partial charge in [-0.3, -0.25) is 14.8 Å². The van der Waals surface area contributed by atoms with Crippen LogP contribution in [0.25, 0.3) is 22.2 Å². The Morgan fingerprint density at radius 1 is 1.04 bits per heavy atom. The highest BCUT2D eigenvalue weighted by molar-refractivity contribution is 5.91. The van der Waals surface area contributed by atoms with E-state index in [0.717, 1.165) is 22.3 Å². The number of nitrogens with zero attached hydrogens (tertiary/aromatic N) is 4. The number of hydrogen-bond donors (Lipinski definition) is 0. The van der Waals surface area contributed by atoms with E-state index in [1.165, 1.54) is 4.68 Å². The van der Waals surface area contributed by atoms with Crippen molar-refractivity contribution in [3.05, 3.63) is 83.0 Å². The highest BCUT2D eigenvalue weighted by Crippen LogP contribution is 2.26. The lowest BCUT2D eigenvalue weighted by Crippen LogP contribution is -2.25. The van der Waals surface area contributed by atoms with Gasteiger partial charge < -0.3 is 4.74 Å². The highest BCUT2D eigenvalue weighted by atomic mass is 16.5. The number of ether oxygens (including phenoxy) is 1. The van der Waals surface area contributed by atoms with Crippen molar-refractivity contribution in [1.29, 1.82) is 0 Å². The summed E-state index contributed by atoms with van der Waals surface area (Å²) in [4.78, 5) is 21.1. The Bertz CT molecular complexity index is 1120. The predicted molar refractivity (Wildman–Crippen MR) is 99.1 cm³/mol. The van der Waals surface area contributed by atoms with Gasteiger partial charge >= 0.3 is 0 Å². The van der Waals surface area contributed by atoms with Crippen molar-refractivity contribution in [2.24, 2.45) is 0 Å². The molecule has 0 unspecified atom stereocenters. The van der Waals surface area contributed by atoms with Crippen LogP contribution in [-0.2, 0) is 6.54 Å². The normalized spacial score (nSPS) is 10.8. The smallest absolute Gasteiger partial charge is 0.293 e. The summed E-state index contributed by atoms with van der Waals surface area (Å²) in [5.74, 6) is 0.730. The van der Waals surface area contributed by atoms with Crippen LogP contribution in [0.5, 0.6) is 5.75 Å². The lowest BCUT2D eigenvalue weighted by atomic mass is 10.1. The summed E-state index contributed by atoms with van der Waals surface area (Å²) >= 11 is 0. The van der Waals surface area contributed by atoms with E-state index in [-0.39, 0.29) is 5.56 Å². The van der Waals surface area contributed by atoms with E-state index in [9.17, 15) is 4.79 Å². The fourth-order valence-corrected chi connectivity index (χ4v) is 2.86. The fraction of sp³-hybridized carbons (Fsp3) is 0.100. The van der Waals surface area contributed by atoms with E-state index in [0.29, 0.717) is 17.8 Å². The Morgan fingerprint density at radius 2 is 1.88 bits per heavy atom. The molecule has 0 saturated heterocycles. The quantitative estimate of drug-likeness (QED) is 0.569. The van der Waals surface area contributed by atoms with Crippen LogP contribution in [0.3, 0.4) is 0 Å². The summed E-state index contributed by atoms with van der Waals surface area (Å²) in [6.45, 7) is 0.352. The van der Waals surface area contributed by atoms with Crippen LogP contribution >= 0.6 is 0 Å². The van der Waals surface area contributed by atoms with Gasteiger partial charge in [0.1, 0.15) is 17.0 Å². The first kappa shape index (κ1) is 16.0. The van der Waals surface area contributed by atoms with Crippen LogP contribution in [-0.4, -0.2) is 26.9 Å². The van der Waals surface area contributed by atoms with E-state index in [2.05, 4.69) is 15.1 Å². The first-order valence-electron chi connectivity index (χ1n) is 8.15. The van der Waals surface area contributed by atoms with Gasteiger partial charge in [0, 0.05) is 29.5 Å². The molecular weight excluding hydrogens is 328 g/mol. The lowest BCUT2D eigenvalue weighted by molar-refractivity contribution is 0.415. The molecule has 0 amide bonds. The number of fused-ring (bicyclic) bond motifs is 1. The van der Waals surface area contributed by atoms with Crippen LogP contribution < -0.4 is 10.3 Å². The molecule has 1 aromatic carbocycles. The Hall–Kier alpha value is -3.54. The Kier molecular flexibility index (Phi) is 4.15. The van der Waals surface area contributed by atoms with Gasteiger partial charge in [0.2, 0.25) is 0 Å². The Balaban J connectivity index is 1.94. The molecule has 0 radical (unpaired) electrons. The minimum absolute atomic E-state index is 0.218. The molecule has 6 nitrogen and oxygen atoms in total. The van der Waals surface area contributed by atoms with Crippen molar-refractivity contribution < 1.29 is 4.74 Å². The van der Waals surface area contributed by atoms with Crippen LogP contribution in [0.2, 0.25) is 0 Å². The Labute approximate surface area is 149 Å². The molecular formula is C20H16N4O2. The number of benzene rings is 1. The average Bonchev–Trinajstić information content (AvgIpc) is 2.71. The zero-order valence-electron chi connectivity index (χ0n) is 14.2. The SMILES string of the molecule is COc1cccc(-c2nn(Cc3ccncc3)c(=O)c3ncccc23)c1. The van der Waals surface area contributed by atoms with Crippen LogP contribution in [0.15, 0.2) is 71.9 Å². The minimum Gasteiger partial charge on any atom is -0.497 e. The third-order valence-corrected chi connectivity index (χ3v) is 4.15. The van der Waals surface area contributed by atoms with Crippen LogP contribution in [0.4, 0.5) is 0 Å². The fourth-order valence-electron chi connectivity index (χ4n) is 2.86. The maximum atomic E-state index is 12.8. The van der Waals surface area contributed by atoms with E-state index in [1.54, 1.807) is 31.8 Å². The molecule has 0 saturated carbocycles. The number of aromatic nitrogens is 4. The third kappa shape index (κ3) is 2.93. The summed E-state index contributed by atoms with van der Waals surface area (Å²) in [6.07, 6.45) is 5.02. The summed E-state index contributed by atoms with van der Waals surface area (Å²) in [6, 6.07) is 15.0. The van der Waals surface area contributed by atoms with Gasteiger partial charge in [0.15, 0.2) is 0 Å². The summed E-state index contributed by atoms with van der Waals surface area (Å²) < 4.78 is 6.76.